The highest BCUT2D eigenvalue weighted by Crippen LogP contribution is 2.34. The number of rotatable bonds is 4. The van der Waals surface area contributed by atoms with E-state index in [-0.39, 0.29) is 11.8 Å². The standard InChI is InChI=1S/C11H16ClNO2/c1-3-9(13)5-7-4-8(12)6-10(15-2)11(7)14/h4,6,9,14H,3,5,13H2,1-2H3. The molecule has 15 heavy (non-hydrogen) atoms. The molecular formula is C11H16ClNO2. The first-order valence-corrected chi connectivity index (χ1v) is 5.27. The van der Waals surface area contributed by atoms with E-state index in [4.69, 9.17) is 22.1 Å². The van der Waals surface area contributed by atoms with Crippen LogP contribution in [0, 0.1) is 0 Å². The van der Waals surface area contributed by atoms with E-state index in [1.165, 1.54) is 7.11 Å². The first kappa shape index (κ1) is 12.1. The van der Waals surface area contributed by atoms with Crippen LogP contribution in [0.15, 0.2) is 12.1 Å². The molecule has 1 atom stereocenters. The van der Waals surface area contributed by atoms with Crippen LogP contribution in [-0.4, -0.2) is 18.3 Å². The Morgan fingerprint density at radius 1 is 1.53 bits per heavy atom. The predicted octanol–water partition coefficient (Wildman–Crippen LogP) is 2.33. The van der Waals surface area contributed by atoms with E-state index in [0.29, 0.717) is 17.2 Å². The van der Waals surface area contributed by atoms with Crippen LogP contribution in [-0.2, 0) is 6.42 Å². The highest BCUT2D eigenvalue weighted by atomic mass is 35.5. The Balaban J connectivity index is 3.01. The van der Waals surface area contributed by atoms with Crippen LogP contribution in [0.4, 0.5) is 0 Å². The van der Waals surface area contributed by atoms with Gasteiger partial charge in [-0.1, -0.05) is 18.5 Å². The maximum atomic E-state index is 9.82. The van der Waals surface area contributed by atoms with Gasteiger partial charge in [0.25, 0.3) is 0 Å². The lowest BCUT2D eigenvalue weighted by Gasteiger charge is -2.13. The Labute approximate surface area is 94.8 Å². The summed E-state index contributed by atoms with van der Waals surface area (Å²) in [5, 5.41) is 10.4. The molecule has 0 aromatic heterocycles. The molecule has 0 amide bonds. The summed E-state index contributed by atoms with van der Waals surface area (Å²) in [6.45, 7) is 2.00. The van der Waals surface area contributed by atoms with Gasteiger partial charge in [-0.05, 0) is 18.9 Å². The fourth-order valence-corrected chi connectivity index (χ4v) is 1.60. The van der Waals surface area contributed by atoms with Crippen molar-refractivity contribution in [3.05, 3.63) is 22.7 Å². The van der Waals surface area contributed by atoms with E-state index in [2.05, 4.69) is 0 Å². The molecule has 4 heteroatoms. The summed E-state index contributed by atoms with van der Waals surface area (Å²) in [5.41, 5.74) is 6.55. The summed E-state index contributed by atoms with van der Waals surface area (Å²) in [4.78, 5) is 0. The highest BCUT2D eigenvalue weighted by molar-refractivity contribution is 6.30. The molecule has 0 bridgehead atoms. The predicted molar refractivity (Wildman–Crippen MR) is 61.6 cm³/mol. The third kappa shape index (κ3) is 3.01. The molecule has 0 aliphatic rings. The van der Waals surface area contributed by atoms with Crippen molar-refractivity contribution in [3.63, 3.8) is 0 Å². The van der Waals surface area contributed by atoms with E-state index in [0.717, 1.165) is 12.0 Å². The first-order valence-electron chi connectivity index (χ1n) is 4.89. The van der Waals surface area contributed by atoms with E-state index in [1.807, 2.05) is 6.92 Å². The Kier molecular flexibility index (Phi) is 4.24. The third-order valence-corrected chi connectivity index (χ3v) is 2.56. The lowest BCUT2D eigenvalue weighted by atomic mass is 10.0. The summed E-state index contributed by atoms with van der Waals surface area (Å²) in [6.07, 6.45) is 1.45. The highest BCUT2D eigenvalue weighted by Gasteiger charge is 2.12. The molecule has 3 nitrogen and oxygen atoms in total. The minimum atomic E-state index is 0.0269. The number of hydrogen-bond acceptors (Lipinski definition) is 3. The molecule has 1 rings (SSSR count). The van der Waals surface area contributed by atoms with Crippen LogP contribution >= 0.6 is 11.6 Å². The van der Waals surface area contributed by atoms with Crippen molar-refractivity contribution in [2.24, 2.45) is 5.73 Å². The van der Waals surface area contributed by atoms with Crippen LogP contribution < -0.4 is 10.5 Å². The fraction of sp³-hybridized carbons (Fsp3) is 0.455. The van der Waals surface area contributed by atoms with Crippen molar-refractivity contribution in [3.8, 4) is 11.5 Å². The van der Waals surface area contributed by atoms with Gasteiger partial charge >= 0.3 is 0 Å². The third-order valence-electron chi connectivity index (χ3n) is 2.35. The first-order chi connectivity index (χ1) is 7.08. The molecule has 84 valence electrons. The maximum absolute atomic E-state index is 9.82. The number of ether oxygens (including phenoxy) is 1. The van der Waals surface area contributed by atoms with Crippen molar-refractivity contribution in [2.75, 3.05) is 7.11 Å². The lowest BCUT2D eigenvalue weighted by Crippen LogP contribution is -2.21. The number of phenolic OH excluding ortho intramolecular Hbond substituents is 1. The fourth-order valence-electron chi connectivity index (χ4n) is 1.37. The molecule has 1 aromatic carbocycles. The molecular weight excluding hydrogens is 214 g/mol. The average molecular weight is 230 g/mol. The Hall–Kier alpha value is -0.930. The molecule has 0 aliphatic carbocycles. The minimum absolute atomic E-state index is 0.0269. The van der Waals surface area contributed by atoms with Crippen molar-refractivity contribution in [1.82, 2.24) is 0 Å². The number of nitrogens with two attached hydrogens (primary N) is 1. The van der Waals surface area contributed by atoms with E-state index < -0.39 is 0 Å². The van der Waals surface area contributed by atoms with Gasteiger partial charge in [0.05, 0.1) is 7.11 Å². The summed E-state index contributed by atoms with van der Waals surface area (Å²) in [6, 6.07) is 3.33. The quantitative estimate of drug-likeness (QED) is 0.833. The molecule has 3 N–H and O–H groups in total. The van der Waals surface area contributed by atoms with Crippen LogP contribution in [0.1, 0.15) is 18.9 Å². The molecule has 1 unspecified atom stereocenters. The van der Waals surface area contributed by atoms with Gasteiger partial charge in [0, 0.05) is 22.7 Å². The summed E-state index contributed by atoms with van der Waals surface area (Å²) >= 11 is 5.90. The molecule has 0 saturated heterocycles. The lowest BCUT2D eigenvalue weighted by molar-refractivity contribution is 0.369. The number of phenols is 1. The van der Waals surface area contributed by atoms with Crippen LogP contribution in [0.5, 0.6) is 11.5 Å². The summed E-state index contributed by atoms with van der Waals surface area (Å²) < 4.78 is 5.01. The normalized spacial score (nSPS) is 12.5. The zero-order valence-electron chi connectivity index (χ0n) is 8.96. The summed E-state index contributed by atoms with van der Waals surface area (Å²) in [5.74, 6) is 0.520. The van der Waals surface area contributed by atoms with E-state index in [1.54, 1.807) is 12.1 Å². The zero-order chi connectivity index (χ0) is 11.4. The SMILES string of the molecule is CCC(N)Cc1cc(Cl)cc(OC)c1O. The smallest absolute Gasteiger partial charge is 0.162 e. The zero-order valence-corrected chi connectivity index (χ0v) is 9.71. The van der Waals surface area contributed by atoms with Gasteiger partial charge in [0.1, 0.15) is 0 Å². The maximum Gasteiger partial charge on any atom is 0.162 e. The van der Waals surface area contributed by atoms with Crippen LogP contribution in [0.3, 0.4) is 0 Å². The van der Waals surface area contributed by atoms with Gasteiger partial charge in [-0.3, -0.25) is 0 Å². The largest absolute Gasteiger partial charge is 0.504 e. The Morgan fingerprint density at radius 3 is 2.73 bits per heavy atom. The monoisotopic (exact) mass is 229 g/mol. The Morgan fingerprint density at radius 2 is 2.20 bits per heavy atom. The number of benzene rings is 1. The average Bonchev–Trinajstić information content (AvgIpc) is 2.22. The van der Waals surface area contributed by atoms with Gasteiger partial charge in [0.15, 0.2) is 11.5 Å². The van der Waals surface area contributed by atoms with Gasteiger partial charge < -0.3 is 15.6 Å². The second kappa shape index (κ2) is 5.24. The van der Waals surface area contributed by atoms with Gasteiger partial charge in [-0.15, -0.1) is 0 Å². The molecule has 0 radical (unpaired) electrons. The van der Waals surface area contributed by atoms with Gasteiger partial charge in [-0.2, -0.15) is 0 Å². The molecule has 0 fully saturated rings. The van der Waals surface area contributed by atoms with Crippen LogP contribution in [0.25, 0.3) is 0 Å². The second-order valence-corrected chi connectivity index (χ2v) is 3.92. The minimum Gasteiger partial charge on any atom is -0.504 e. The van der Waals surface area contributed by atoms with Crippen molar-refractivity contribution < 1.29 is 9.84 Å². The number of aromatic hydroxyl groups is 1. The number of halogens is 1. The number of methoxy groups -OCH3 is 1. The summed E-state index contributed by atoms with van der Waals surface area (Å²) in [7, 11) is 1.49. The molecule has 0 aliphatic heterocycles. The molecule has 1 aromatic rings. The van der Waals surface area contributed by atoms with Gasteiger partial charge in [-0.25, -0.2) is 0 Å². The van der Waals surface area contributed by atoms with Crippen molar-refractivity contribution in [2.45, 2.75) is 25.8 Å². The van der Waals surface area contributed by atoms with E-state index in [9.17, 15) is 5.11 Å². The molecule has 0 spiro atoms. The van der Waals surface area contributed by atoms with Gasteiger partial charge in [0.2, 0.25) is 0 Å². The second-order valence-electron chi connectivity index (χ2n) is 3.49. The van der Waals surface area contributed by atoms with Crippen LogP contribution in [0.2, 0.25) is 5.02 Å². The van der Waals surface area contributed by atoms with Crippen molar-refractivity contribution in [1.29, 1.82) is 0 Å². The molecule has 0 saturated carbocycles. The topological polar surface area (TPSA) is 55.5 Å². The van der Waals surface area contributed by atoms with E-state index >= 15 is 0 Å². The van der Waals surface area contributed by atoms with Crippen molar-refractivity contribution >= 4 is 11.6 Å². The Bertz CT molecular complexity index is 342. The number of hydrogen-bond donors (Lipinski definition) is 2. The molecule has 0 heterocycles.